The van der Waals surface area contributed by atoms with Gasteiger partial charge in [0.2, 0.25) is 5.91 Å². The molecule has 0 saturated carbocycles. The standard InChI is InChI=1S/C17H17ClN2O4/c1-17(2)16(22)20(13-8-11(18)5-6-14(13)24-17)10-15(21)19-9-12-4-3-7-23-12/h3-8H,9-10H2,1-2H3,(H,19,21). The molecule has 0 fully saturated rings. The van der Waals surface area contributed by atoms with Gasteiger partial charge >= 0.3 is 0 Å². The molecule has 126 valence electrons. The van der Waals surface area contributed by atoms with Gasteiger partial charge in [0, 0.05) is 5.02 Å². The van der Waals surface area contributed by atoms with E-state index in [0.29, 0.717) is 22.2 Å². The van der Waals surface area contributed by atoms with Crippen molar-refractivity contribution in [1.82, 2.24) is 5.32 Å². The highest BCUT2D eigenvalue weighted by Crippen LogP contribution is 2.39. The Morgan fingerprint density at radius 3 is 2.83 bits per heavy atom. The number of ether oxygens (including phenoxy) is 1. The molecule has 0 aliphatic carbocycles. The van der Waals surface area contributed by atoms with Crippen molar-refractivity contribution in [2.24, 2.45) is 0 Å². The van der Waals surface area contributed by atoms with Gasteiger partial charge in [-0.3, -0.25) is 14.5 Å². The number of carbonyl (C=O) groups is 2. The Kier molecular flexibility index (Phi) is 4.24. The van der Waals surface area contributed by atoms with Crippen molar-refractivity contribution in [1.29, 1.82) is 0 Å². The molecule has 6 nitrogen and oxygen atoms in total. The molecule has 0 spiro atoms. The van der Waals surface area contributed by atoms with Crippen LogP contribution < -0.4 is 15.0 Å². The third-order valence-corrected chi connectivity index (χ3v) is 3.91. The van der Waals surface area contributed by atoms with E-state index in [-0.39, 0.29) is 24.9 Å². The summed E-state index contributed by atoms with van der Waals surface area (Å²) in [4.78, 5) is 26.3. The van der Waals surface area contributed by atoms with Crippen LogP contribution in [0.3, 0.4) is 0 Å². The highest BCUT2D eigenvalue weighted by atomic mass is 35.5. The van der Waals surface area contributed by atoms with Crippen LogP contribution in [0.1, 0.15) is 19.6 Å². The summed E-state index contributed by atoms with van der Waals surface area (Å²) in [6.07, 6.45) is 1.54. The SMILES string of the molecule is CC1(C)Oc2ccc(Cl)cc2N(CC(=O)NCc2ccco2)C1=O. The Morgan fingerprint density at radius 2 is 2.12 bits per heavy atom. The van der Waals surface area contributed by atoms with E-state index in [1.54, 1.807) is 44.2 Å². The van der Waals surface area contributed by atoms with Gasteiger partial charge in [0.05, 0.1) is 18.5 Å². The minimum Gasteiger partial charge on any atom is -0.476 e. The number of nitrogens with zero attached hydrogens (tertiary/aromatic N) is 1. The first-order valence-corrected chi connectivity index (χ1v) is 7.84. The van der Waals surface area contributed by atoms with Gasteiger partial charge in [0.1, 0.15) is 18.1 Å². The fourth-order valence-corrected chi connectivity index (χ4v) is 2.66. The van der Waals surface area contributed by atoms with Gasteiger partial charge in [-0.2, -0.15) is 0 Å². The predicted octanol–water partition coefficient (Wildman–Crippen LogP) is 2.75. The van der Waals surface area contributed by atoms with Gasteiger partial charge in [-0.25, -0.2) is 0 Å². The zero-order valence-corrected chi connectivity index (χ0v) is 14.1. The normalized spacial score (nSPS) is 15.6. The number of anilines is 1. The maximum absolute atomic E-state index is 12.6. The maximum atomic E-state index is 12.6. The molecule has 0 atom stereocenters. The average molecular weight is 349 g/mol. The van der Waals surface area contributed by atoms with Crippen LogP contribution in [0, 0.1) is 0 Å². The van der Waals surface area contributed by atoms with Crippen LogP contribution in [0.15, 0.2) is 41.0 Å². The molecule has 3 rings (SSSR count). The first kappa shape index (κ1) is 16.4. The van der Waals surface area contributed by atoms with E-state index in [1.165, 1.54) is 11.2 Å². The van der Waals surface area contributed by atoms with E-state index < -0.39 is 5.60 Å². The minimum absolute atomic E-state index is 0.125. The molecule has 1 aromatic heterocycles. The molecule has 2 aromatic rings. The summed E-state index contributed by atoms with van der Waals surface area (Å²) in [6, 6.07) is 8.50. The lowest BCUT2D eigenvalue weighted by Crippen LogP contribution is -2.54. The summed E-state index contributed by atoms with van der Waals surface area (Å²) in [6.45, 7) is 3.47. The van der Waals surface area contributed by atoms with Crippen molar-refractivity contribution in [3.05, 3.63) is 47.4 Å². The van der Waals surface area contributed by atoms with E-state index in [9.17, 15) is 9.59 Å². The predicted molar refractivity (Wildman–Crippen MR) is 89.1 cm³/mol. The number of hydrogen-bond acceptors (Lipinski definition) is 4. The Labute approximate surface area is 144 Å². The first-order chi connectivity index (χ1) is 11.4. The molecule has 1 aromatic carbocycles. The fourth-order valence-electron chi connectivity index (χ4n) is 2.50. The zero-order chi connectivity index (χ0) is 17.3. The number of hydrogen-bond donors (Lipinski definition) is 1. The van der Waals surface area contributed by atoms with Crippen molar-refractivity contribution in [3.8, 4) is 5.75 Å². The molecule has 2 amide bonds. The smallest absolute Gasteiger partial charge is 0.271 e. The van der Waals surface area contributed by atoms with Crippen LogP contribution in [0.5, 0.6) is 5.75 Å². The van der Waals surface area contributed by atoms with Crippen LogP contribution >= 0.6 is 11.6 Å². The average Bonchev–Trinajstić information content (AvgIpc) is 3.04. The van der Waals surface area contributed by atoms with Gasteiger partial charge < -0.3 is 14.5 Å². The van der Waals surface area contributed by atoms with Gasteiger partial charge in [-0.1, -0.05) is 11.6 Å². The molecule has 0 saturated heterocycles. The number of amides is 2. The lowest BCUT2D eigenvalue weighted by molar-refractivity contribution is -0.134. The summed E-state index contributed by atoms with van der Waals surface area (Å²) in [5.41, 5.74) is -0.567. The zero-order valence-electron chi connectivity index (χ0n) is 13.3. The van der Waals surface area contributed by atoms with Gasteiger partial charge in [0.25, 0.3) is 5.91 Å². The number of halogens is 1. The molecule has 7 heteroatoms. The van der Waals surface area contributed by atoms with Gasteiger partial charge in [0.15, 0.2) is 5.60 Å². The molecule has 2 heterocycles. The Hall–Kier alpha value is -2.47. The summed E-state index contributed by atoms with van der Waals surface area (Å²) in [7, 11) is 0. The third-order valence-electron chi connectivity index (χ3n) is 3.68. The number of nitrogens with one attached hydrogen (secondary N) is 1. The van der Waals surface area contributed by atoms with Crippen LogP contribution in [-0.4, -0.2) is 24.0 Å². The summed E-state index contributed by atoms with van der Waals surface area (Å²) >= 11 is 6.02. The van der Waals surface area contributed by atoms with Crippen molar-refractivity contribution in [2.75, 3.05) is 11.4 Å². The highest BCUT2D eigenvalue weighted by Gasteiger charge is 2.41. The number of carbonyl (C=O) groups excluding carboxylic acids is 2. The second-order valence-corrected chi connectivity index (χ2v) is 6.41. The summed E-state index contributed by atoms with van der Waals surface area (Å²) < 4.78 is 10.9. The van der Waals surface area contributed by atoms with E-state index in [2.05, 4.69) is 5.32 Å². The van der Waals surface area contributed by atoms with E-state index in [1.807, 2.05) is 0 Å². The molecule has 1 N–H and O–H groups in total. The fraction of sp³-hybridized carbons (Fsp3) is 0.294. The maximum Gasteiger partial charge on any atom is 0.271 e. The van der Waals surface area contributed by atoms with E-state index in [4.69, 9.17) is 20.8 Å². The molecule has 0 unspecified atom stereocenters. The number of fused-ring (bicyclic) bond motifs is 1. The van der Waals surface area contributed by atoms with Crippen LogP contribution in [0.4, 0.5) is 5.69 Å². The molecule has 0 radical (unpaired) electrons. The molecular formula is C17H17ClN2O4. The summed E-state index contributed by atoms with van der Waals surface area (Å²) in [5.74, 6) is 0.553. The van der Waals surface area contributed by atoms with E-state index >= 15 is 0 Å². The monoisotopic (exact) mass is 348 g/mol. The largest absolute Gasteiger partial charge is 0.476 e. The van der Waals surface area contributed by atoms with Gasteiger partial charge in [-0.15, -0.1) is 0 Å². The highest BCUT2D eigenvalue weighted by molar-refractivity contribution is 6.31. The van der Waals surface area contributed by atoms with Crippen molar-refractivity contribution in [2.45, 2.75) is 26.0 Å². The number of benzene rings is 1. The van der Waals surface area contributed by atoms with Crippen molar-refractivity contribution >= 4 is 29.1 Å². The molecular weight excluding hydrogens is 332 g/mol. The topological polar surface area (TPSA) is 71.8 Å². The Bertz CT molecular complexity index is 771. The second kappa shape index (κ2) is 6.20. The number of rotatable bonds is 4. The Balaban J connectivity index is 1.79. The Morgan fingerprint density at radius 1 is 1.33 bits per heavy atom. The second-order valence-electron chi connectivity index (χ2n) is 5.97. The van der Waals surface area contributed by atoms with Crippen molar-refractivity contribution < 1.29 is 18.7 Å². The summed E-state index contributed by atoms with van der Waals surface area (Å²) in [5, 5.41) is 3.19. The molecule has 24 heavy (non-hydrogen) atoms. The van der Waals surface area contributed by atoms with Gasteiger partial charge in [-0.05, 0) is 44.2 Å². The molecule has 1 aliphatic rings. The van der Waals surface area contributed by atoms with Crippen LogP contribution in [0.25, 0.3) is 0 Å². The number of furan rings is 1. The van der Waals surface area contributed by atoms with Crippen LogP contribution in [-0.2, 0) is 16.1 Å². The molecule has 1 aliphatic heterocycles. The quantitative estimate of drug-likeness (QED) is 0.922. The lowest BCUT2D eigenvalue weighted by atomic mass is 10.0. The van der Waals surface area contributed by atoms with Crippen LogP contribution in [0.2, 0.25) is 5.02 Å². The lowest BCUT2D eigenvalue weighted by Gasteiger charge is -2.38. The molecule has 0 bridgehead atoms. The van der Waals surface area contributed by atoms with Crippen molar-refractivity contribution in [3.63, 3.8) is 0 Å². The minimum atomic E-state index is -1.05. The third kappa shape index (κ3) is 3.23. The first-order valence-electron chi connectivity index (χ1n) is 7.46. The van der Waals surface area contributed by atoms with E-state index in [0.717, 1.165) is 0 Å².